The van der Waals surface area contributed by atoms with Crippen LogP contribution in [0.4, 0.5) is 11.5 Å². The van der Waals surface area contributed by atoms with Crippen LogP contribution >= 0.6 is 0 Å². The highest BCUT2D eigenvalue weighted by molar-refractivity contribution is 5.91. The number of nitrogens with zero attached hydrogens (tertiary/aromatic N) is 3. The van der Waals surface area contributed by atoms with Crippen molar-refractivity contribution in [1.82, 2.24) is 14.4 Å². The summed E-state index contributed by atoms with van der Waals surface area (Å²) in [5.74, 6) is 1.51. The second-order valence-electron chi connectivity index (χ2n) is 6.94. The fourth-order valence-electron chi connectivity index (χ4n) is 3.20. The van der Waals surface area contributed by atoms with Gasteiger partial charge in [0.25, 0.3) is 0 Å². The Kier molecular flexibility index (Phi) is 5.61. The highest BCUT2D eigenvalue weighted by Crippen LogP contribution is 2.30. The Morgan fingerprint density at radius 1 is 1.17 bits per heavy atom. The van der Waals surface area contributed by atoms with Gasteiger partial charge in [-0.2, -0.15) is 0 Å². The van der Waals surface area contributed by atoms with Gasteiger partial charge in [0.1, 0.15) is 17.3 Å². The standard InChI is InChI=1S/C23H23N5O2/c1-16-6-8-18(9-7-16)26-21(29)10-11-25-23-22(17-4-3-5-19(14-17)30-2)27-20-15-24-12-13-28(20)23/h3-9,12-15,25H,10-11H2,1-2H3,(H,26,29). The van der Waals surface area contributed by atoms with Crippen LogP contribution in [0.1, 0.15) is 12.0 Å². The normalized spacial score (nSPS) is 10.7. The minimum atomic E-state index is -0.0511. The molecule has 152 valence electrons. The molecule has 7 heteroatoms. The number of fused-ring (bicyclic) bond motifs is 1. The maximum atomic E-state index is 12.3. The Morgan fingerprint density at radius 3 is 2.80 bits per heavy atom. The van der Waals surface area contributed by atoms with Crippen molar-refractivity contribution in [2.24, 2.45) is 0 Å². The number of ether oxygens (including phenoxy) is 1. The van der Waals surface area contributed by atoms with Crippen LogP contribution in [-0.4, -0.2) is 33.9 Å². The van der Waals surface area contributed by atoms with E-state index in [9.17, 15) is 4.79 Å². The Balaban J connectivity index is 1.51. The summed E-state index contributed by atoms with van der Waals surface area (Å²) in [6.07, 6.45) is 5.59. The van der Waals surface area contributed by atoms with E-state index < -0.39 is 0 Å². The number of rotatable bonds is 7. The summed E-state index contributed by atoms with van der Waals surface area (Å²) in [5, 5.41) is 6.29. The predicted molar refractivity (Wildman–Crippen MR) is 118 cm³/mol. The van der Waals surface area contributed by atoms with E-state index in [0.29, 0.717) is 13.0 Å². The number of benzene rings is 2. The number of methoxy groups -OCH3 is 1. The molecule has 0 radical (unpaired) electrons. The van der Waals surface area contributed by atoms with E-state index in [4.69, 9.17) is 9.72 Å². The number of hydrogen-bond donors (Lipinski definition) is 2. The van der Waals surface area contributed by atoms with Crippen LogP contribution in [-0.2, 0) is 4.79 Å². The van der Waals surface area contributed by atoms with Gasteiger partial charge < -0.3 is 15.4 Å². The second-order valence-corrected chi connectivity index (χ2v) is 6.94. The first kappa shape index (κ1) is 19.4. The minimum Gasteiger partial charge on any atom is -0.497 e. The molecule has 0 saturated heterocycles. The van der Waals surface area contributed by atoms with Gasteiger partial charge in [-0.15, -0.1) is 0 Å². The molecule has 30 heavy (non-hydrogen) atoms. The molecule has 0 atom stereocenters. The van der Waals surface area contributed by atoms with Crippen LogP contribution < -0.4 is 15.4 Å². The quantitative estimate of drug-likeness (QED) is 0.486. The molecule has 0 saturated carbocycles. The molecule has 0 aliphatic heterocycles. The molecule has 2 aromatic carbocycles. The van der Waals surface area contributed by atoms with Gasteiger partial charge in [-0.25, -0.2) is 4.98 Å². The molecule has 2 heterocycles. The first-order valence-electron chi connectivity index (χ1n) is 9.71. The van der Waals surface area contributed by atoms with Gasteiger partial charge >= 0.3 is 0 Å². The molecule has 1 amide bonds. The third kappa shape index (κ3) is 4.25. The summed E-state index contributed by atoms with van der Waals surface area (Å²) >= 11 is 0. The van der Waals surface area contributed by atoms with E-state index in [1.165, 1.54) is 0 Å². The van der Waals surface area contributed by atoms with E-state index in [0.717, 1.165) is 39.7 Å². The lowest BCUT2D eigenvalue weighted by Crippen LogP contribution is -2.17. The van der Waals surface area contributed by atoms with Gasteiger partial charge in [0.15, 0.2) is 5.65 Å². The molecule has 0 fully saturated rings. The fraction of sp³-hybridized carbons (Fsp3) is 0.174. The van der Waals surface area contributed by atoms with Crippen LogP contribution in [0.2, 0.25) is 0 Å². The molecule has 4 aromatic rings. The third-order valence-corrected chi connectivity index (χ3v) is 4.75. The second kappa shape index (κ2) is 8.65. The number of aromatic nitrogens is 3. The van der Waals surface area contributed by atoms with Gasteiger partial charge in [0.05, 0.1) is 13.3 Å². The molecule has 4 rings (SSSR count). The number of aryl methyl sites for hydroxylation is 1. The van der Waals surface area contributed by atoms with Crippen molar-refractivity contribution in [3.8, 4) is 17.0 Å². The lowest BCUT2D eigenvalue weighted by molar-refractivity contribution is -0.115. The van der Waals surface area contributed by atoms with Gasteiger partial charge in [0.2, 0.25) is 5.91 Å². The largest absolute Gasteiger partial charge is 0.497 e. The zero-order valence-electron chi connectivity index (χ0n) is 16.9. The summed E-state index contributed by atoms with van der Waals surface area (Å²) in [4.78, 5) is 21.2. The molecule has 0 unspecified atom stereocenters. The van der Waals surface area contributed by atoms with E-state index in [1.807, 2.05) is 66.1 Å². The summed E-state index contributed by atoms with van der Waals surface area (Å²) < 4.78 is 7.28. The molecular weight excluding hydrogens is 378 g/mol. The fourth-order valence-corrected chi connectivity index (χ4v) is 3.20. The number of nitrogens with one attached hydrogen (secondary N) is 2. The van der Waals surface area contributed by atoms with Gasteiger partial charge in [-0.05, 0) is 31.2 Å². The Bertz CT molecular complexity index is 1170. The predicted octanol–water partition coefficient (Wildman–Crippen LogP) is 4.15. The highest BCUT2D eigenvalue weighted by atomic mass is 16.5. The van der Waals surface area contributed by atoms with E-state index >= 15 is 0 Å². The van der Waals surface area contributed by atoms with Crippen LogP contribution in [0.25, 0.3) is 16.9 Å². The molecule has 7 nitrogen and oxygen atoms in total. The van der Waals surface area contributed by atoms with Crippen molar-refractivity contribution in [2.75, 3.05) is 24.3 Å². The number of anilines is 2. The molecule has 0 aliphatic rings. The van der Waals surface area contributed by atoms with Crippen molar-refractivity contribution in [2.45, 2.75) is 13.3 Å². The van der Waals surface area contributed by atoms with Crippen LogP contribution in [0, 0.1) is 6.92 Å². The van der Waals surface area contributed by atoms with E-state index in [1.54, 1.807) is 19.5 Å². The maximum Gasteiger partial charge on any atom is 0.226 e. The molecule has 0 aliphatic carbocycles. The Hall–Kier alpha value is -3.87. The SMILES string of the molecule is COc1cccc(-c2nc3cnccn3c2NCCC(=O)Nc2ccc(C)cc2)c1. The average molecular weight is 401 g/mol. The lowest BCUT2D eigenvalue weighted by atomic mass is 10.1. The molecule has 0 bridgehead atoms. The van der Waals surface area contributed by atoms with Crippen molar-refractivity contribution >= 4 is 23.1 Å². The third-order valence-electron chi connectivity index (χ3n) is 4.75. The van der Waals surface area contributed by atoms with Crippen molar-refractivity contribution in [3.05, 3.63) is 72.7 Å². The molecule has 2 N–H and O–H groups in total. The number of hydrogen-bond acceptors (Lipinski definition) is 5. The van der Waals surface area contributed by atoms with Crippen molar-refractivity contribution in [1.29, 1.82) is 0 Å². The highest BCUT2D eigenvalue weighted by Gasteiger charge is 2.15. The number of amides is 1. The first-order chi connectivity index (χ1) is 14.6. The number of carbonyl (C=O) groups excluding carboxylic acids is 1. The van der Waals surface area contributed by atoms with Gasteiger partial charge in [-0.3, -0.25) is 14.2 Å². The van der Waals surface area contributed by atoms with Crippen molar-refractivity contribution < 1.29 is 9.53 Å². The first-order valence-corrected chi connectivity index (χ1v) is 9.71. The zero-order valence-corrected chi connectivity index (χ0v) is 16.9. The van der Waals surface area contributed by atoms with E-state index in [-0.39, 0.29) is 5.91 Å². The van der Waals surface area contributed by atoms with Gasteiger partial charge in [-0.1, -0.05) is 29.8 Å². The Morgan fingerprint density at radius 2 is 2.00 bits per heavy atom. The lowest BCUT2D eigenvalue weighted by Gasteiger charge is -2.10. The Labute approximate surface area is 174 Å². The smallest absolute Gasteiger partial charge is 0.226 e. The summed E-state index contributed by atoms with van der Waals surface area (Å²) in [7, 11) is 1.64. The molecule has 0 spiro atoms. The van der Waals surface area contributed by atoms with Crippen molar-refractivity contribution in [3.63, 3.8) is 0 Å². The van der Waals surface area contributed by atoms with E-state index in [2.05, 4.69) is 15.6 Å². The summed E-state index contributed by atoms with van der Waals surface area (Å²) in [6.45, 7) is 2.48. The van der Waals surface area contributed by atoms with Crippen LogP contribution in [0.3, 0.4) is 0 Å². The number of carbonyl (C=O) groups is 1. The van der Waals surface area contributed by atoms with Crippen LogP contribution in [0.15, 0.2) is 67.1 Å². The maximum absolute atomic E-state index is 12.3. The monoisotopic (exact) mass is 401 g/mol. The minimum absolute atomic E-state index is 0.0511. The molecular formula is C23H23N5O2. The summed E-state index contributed by atoms with van der Waals surface area (Å²) in [5.41, 5.74) is 4.37. The molecule has 2 aromatic heterocycles. The van der Waals surface area contributed by atoms with Gasteiger partial charge in [0, 0.05) is 36.6 Å². The topological polar surface area (TPSA) is 80.6 Å². The average Bonchev–Trinajstić information content (AvgIpc) is 3.14. The van der Waals surface area contributed by atoms with Crippen LogP contribution in [0.5, 0.6) is 5.75 Å². The zero-order chi connectivity index (χ0) is 20.9. The summed E-state index contributed by atoms with van der Waals surface area (Å²) in [6, 6.07) is 15.5. The number of imidazole rings is 1.